The molecule has 0 amide bonds. The smallest absolute Gasteiger partial charge is 0.0235 e. The standard InChI is InChI=1S/C6H13ClN2/c7-9-6-3-1-2-5(8)4-6/h5-6,9H,1-4,8H2/t5-,6+/m1/s1. The third-order valence-corrected chi connectivity index (χ3v) is 2.18. The Morgan fingerprint density at radius 1 is 1.44 bits per heavy atom. The van der Waals surface area contributed by atoms with Gasteiger partial charge in [-0.2, -0.15) is 0 Å². The summed E-state index contributed by atoms with van der Waals surface area (Å²) in [5.41, 5.74) is 5.70. The van der Waals surface area contributed by atoms with Gasteiger partial charge in [-0.25, -0.2) is 4.84 Å². The van der Waals surface area contributed by atoms with Crippen LogP contribution >= 0.6 is 11.8 Å². The van der Waals surface area contributed by atoms with Gasteiger partial charge in [0.15, 0.2) is 0 Å². The van der Waals surface area contributed by atoms with Crippen LogP contribution in [0.4, 0.5) is 0 Å². The highest BCUT2D eigenvalue weighted by molar-refractivity contribution is 6.13. The topological polar surface area (TPSA) is 38.0 Å². The van der Waals surface area contributed by atoms with E-state index in [4.69, 9.17) is 17.5 Å². The zero-order chi connectivity index (χ0) is 6.69. The predicted octanol–water partition coefficient (Wildman–Crippen LogP) is 1.000. The van der Waals surface area contributed by atoms with E-state index < -0.39 is 0 Å². The molecule has 3 N–H and O–H groups in total. The molecule has 0 bridgehead atoms. The first-order chi connectivity index (χ1) is 4.33. The number of hydrogen-bond acceptors (Lipinski definition) is 2. The Bertz CT molecular complexity index is 87.1. The Morgan fingerprint density at radius 3 is 2.67 bits per heavy atom. The Labute approximate surface area is 60.9 Å². The van der Waals surface area contributed by atoms with Crippen LogP contribution in [0.5, 0.6) is 0 Å². The first-order valence-electron chi connectivity index (χ1n) is 3.44. The van der Waals surface area contributed by atoms with Gasteiger partial charge in [0.25, 0.3) is 0 Å². The molecule has 0 aromatic heterocycles. The highest BCUT2D eigenvalue weighted by Crippen LogP contribution is 2.16. The monoisotopic (exact) mass is 148 g/mol. The van der Waals surface area contributed by atoms with Crippen LogP contribution < -0.4 is 10.6 Å². The van der Waals surface area contributed by atoms with Gasteiger partial charge in [0.1, 0.15) is 0 Å². The summed E-state index contributed by atoms with van der Waals surface area (Å²) in [6.45, 7) is 0. The zero-order valence-electron chi connectivity index (χ0n) is 5.44. The lowest BCUT2D eigenvalue weighted by Crippen LogP contribution is -2.35. The zero-order valence-corrected chi connectivity index (χ0v) is 6.19. The lowest BCUT2D eigenvalue weighted by atomic mass is 9.92. The van der Waals surface area contributed by atoms with Crippen molar-refractivity contribution in [2.45, 2.75) is 37.8 Å². The lowest BCUT2D eigenvalue weighted by molar-refractivity contribution is 0.376. The largest absolute Gasteiger partial charge is 0.328 e. The number of rotatable bonds is 1. The normalized spacial score (nSPS) is 36.7. The van der Waals surface area contributed by atoms with Gasteiger partial charge < -0.3 is 5.73 Å². The third kappa shape index (κ3) is 2.12. The third-order valence-electron chi connectivity index (χ3n) is 1.87. The molecule has 1 aliphatic rings. The quantitative estimate of drug-likeness (QED) is 0.545. The summed E-state index contributed by atoms with van der Waals surface area (Å²) < 4.78 is 0. The van der Waals surface area contributed by atoms with E-state index in [9.17, 15) is 0 Å². The summed E-state index contributed by atoms with van der Waals surface area (Å²) in [4.78, 5) is 2.73. The van der Waals surface area contributed by atoms with E-state index in [1.54, 1.807) is 0 Å². The van der Waals surface area contributed by atoms with Gasteiger partial charge in [-0.1, -0.05) is 6.42 Å². The fraction of sp³-hybridized carbons (Fsp3) is 1.00. The maximum Gasteiger partial charge on any atom is 0.0235 e. The highest BCUT2D eigenvalue weighted by atomic mass is 35.5. The Balaban J connectivity index is 2.23. The maximum atomic E-state index is 5.70. The summed E-state index contributed by atoms with van der Waals surface area (Å²) >= 11 is 5.44. The van der Waals surface area contributed by atoms with Crippen LogP contribution in [0, 0.1) is 0 Å². The average Bonchev–Trinajstić information content (AvgIpc) is 1.88. The number of nitrogens with one attached hydrogen (secondary N) is 1. The Kier molecular flexibility index (Phi) is 2.76. The molecule has 0 spiro atoms. The summed E-state index contributed by atoms with van der Waals surface area (Å²) in [7, 11) is 0. The molecule has 0 aromatic carbocycles. The molecule has 0 heterocycles. The van der Waals surface area contributed by atoms with Crippen molar-refractivity contribution in [2.24, 2.45) is 5.73 Å². The summed E-state index contributed by atoms with van der Waals surface area (Å²) in [5.74, 6) is 0. The Morgan fingerprint density at radius 2 is 2.22 bits per heavy atom. The number of hydrogen-bond donors (Lipinski definition) is 2. The van der Waals surface area contributed by atoms with E-state index in [0.717, 1.165) is 12.8 Å². The molecule has 2 nitrogen and oxygen atoms in total. The first kappa shape index (κ1) is 7.32. The van der Waals surface area contributed by atoms with Crippen LogP contribution in [-0.4, -0.2) is 12.1 Å². The molecular weight excluding hydrogens is 136 g/mol. The van der Waals surface area contributed by atoms with Crippen LogP contribution in [0.25, 0.3) is 0 Å². The van der Waals surface area contributed by atoms with Gasteiger partial charge in [-0.15, -0.1) is 0 Å². The van der Waals surface area contributed by atoms with Crippen molar-refractivity contribution in [2.75, 3.05) is 0 Å². The molecule has 2 atom stereocenters. The van der Waals surface area contributed by atoms with Gasteiger partial charge in [0.2, 0.25) is 0 Å². The van der Waals surface area contributed by atoms with Crippen molar-refractivity contribution < 1.29 is 0 Å². The molecule has 1 rings (SSSR count). The van der Waals surface area contributed by atoms with Gasteiger partial charge in [-0.05, 0) is 31.0 Å². The molecule has 1 saturated carbocycles. The van der Waals surface area contributed by atoms with Crippen molar-refractivity contribution in [1.82, 2.24) is 4.84 Å². The van der Waals surface area contributed by atoms with Gasteiger partial charge in [0, 0.05) is 12.1 Å². The minimum absolute atomic E-state index is 0.370. The molecule has 1 aliphatic carbocycles. The maximum absolute atomic E-state index is 5.70. The molecule has 54 valence electrons. The van der Waals surface area contributed by atoms with Gasteiger partial charge in [0.05, 0.1) is 0 Å². The SMILES string of the molecule is N[C@@H]1CCC[C@H](NCl)C1. The molecule has 1 fully saturated rings. The lowest BCUT2D eigenvalue weighted by Gasteiger charge is -2.24. The van der Waals surface area contributed by atoms with Gasteiger partial charge >= 0.3 is 0 Å². The molecule has 0 aliphatic heterocycles. The second-order valence-corrected chi connectivity index (χ2v) is 2.95. The van der Waals surface area contributed by atoms with E-state index in [1.165, 1.54) is 12.8 Å². The molecule has 0 aromatic rings. The van der Waals surface area contributed by atoms with E-state index in [-0.39, 0.29) is 0 Å². The fourth-order valence-electron chi connectivity index (χ4n) is 1.33. The number of halogens is 1. The van der Waals surface area contributed by atoms with Crippen LogP contribution in [0.3, 0.4) is 0 Å². The average molecular weight is 149 g/mol. The van der Waals surface area contributed by atoms with Crippen LogP contribution in [0.15, 0.2) is 0 Å². The molecular formula is C6H13ClN2. The second-order valence-electron chi connectivity index (χ2n) is 2.73. The van der Waals surface area contributed by atoms with Crippen molar-refractivity contribution in [3.63, 3.8) is 0 Å². The van der Waals surface area contributed by atoms with Crippen molar-refractivity contribution in [3.8, 4) is 0 Å². The minimum Gasteiger partial charge on any atom is -0.328 e. The molecule has 3 heteroatoms. The number of nitrogens with two attached hydrogens (primary N) is 1. The predicted molar refractivity (Wildman–Crippen MR) is 39.2 cm³/mol. The molecule has 9 heavy (non-hydrogen) atoms. The van der Waals surface area contributed by atoms with E-state index in [0.29, 0.717) is 12.1 Å². The Hall–Kier alpha value is 0.210. The first-order valence-corrected chi connectivity index (χ1v) is 3.82. The summed E-state index contributed by atoms with van der Waals surface area (Å²) in [6, 6.07) is 0.824. The summed E-state index contributed by atoms with van der Waals surface area (Å²) in [6.07, 6.45) is 4.58. The summed E-state index contributed by atoms with van der Waals surface area (Å²) in [5, 5.41) is 0. The fourth-order valence-corrected chi connectivity index (χ4v) is 1.52. The second kappa shape index (κ2) is 3.40. The van der Waals surface area contributed by atoms with Crippen LogP contribution in [-0.2, 0) is 0 Å². The van der Waals surface area contributed by atoms with E-state index in [2.05, 4.69) is 4.84 Å². The van der Waals surface area contributed by atoms with Crippen LogP contribution in [0.1, 0.15) is 25.7 Å². The highest BCUT2D eigenvalue weighted by Gasteiger charge is 2.17. The van der Waals surface area contributed by atoms with E-state index >= 15 is 0 Å². The van der Waals surface area contributed by atoms with Gasteiger partial charge in [-0.3, -0.25) is 0 Å². The molecule has 0 radical (unpaired) electrons. The van der Waals surface area contributed by atoms with Crippen molar-refractivity contribution in [1.29, 1.82) is 0 Å². The van der Waals surface area contributed by atoms with Crippen LogP contribution in [0.2, 0.25) is 0 Å². The molecule has 0 saturated heterocycles. The van der Waals surface area contributed by atoms with Crippen molar-refractivity contribution in [3.05, 3.63) is 0 Å². The minimum atomic E-state index is 0.370. The van der Waals surface area contributed by atoms with Crippen molar-refractivity contribution >= 4 is 11.8 Å². The molecule has 0 unspecified atom stereocenters. The van der Waals surface area contributed by atoms with E-state index in [1.807, 2.05) is 0 Å².